The number of ether oxygens (including phenoxy) is 1. The second-order valence-corrected chi connectivity index (χ2v) is 10.4. The number of carbonyl (C=O) groups excluding carboxylic acids is 2. The molecule has 1 unspecified atom stereocenters. The van der Waals surface area contributed by atoms with Crippen molar-refractivity contribution in [2.45, 2.75) is 25.7 Å². The molecule has 0 aliphatic rings. The molecule has 1 atom stereocenters. The molecule has 0 aromatic heterocycles. The van der Waals surface area contributed by atoms with Gasteiger partial charge in [0.25, 0.3) is 0 Å². The van der Waals surface area contributed by atoms with Gasteiger partial charge in [0.2, 0.25) is 0 Å². The Bertz CT molecular complexity index is 404. The van der Waals surface area contributed by atoms with Crippen molar-refractivity contribution >= 4 is 77.3 Å². The molecule has 0 bridgehead atoms. The van der Waals surface area contributed by atoms with Crippen LogP contribution in [0, 0.1) is 0 Å². The first-order valence-electron chi connectivity index (χ1n) is 6.73. The van der Waals surface area contributed by atoms with E-state index in [1.165, 1.54) is 7.11 Å². The number of rotatable bonds is 14. The van der Waals surface area contributed by atoms with Crippen LogP contribution in [0.25, 0.3) is 0 Å². The minimum atomic E-state index is -3.27. The van der Waals surface area contributed by atoms with Gasteiger partial charge in [0.1, 0.15) is 6.72 Å². The number of hydrogen-bond acceptors (Lipinski definition) is 9. The number of esters is 1. The first-order valence-corrected chi connectivity index (χ1v) is 13.4. The van der Waals surface area contributed by atoms with Crippen molar-refractivity contribution in [3.63, 3.8) is 0 Å². The van der Waals surface area contributed by atoms with E-state index in [0.29, 0.717) is 13.2 Å². The molecule has 0 fully saturated rings. The van der Waals surface area contributed by atoms with Crippen molar-refractivity contribution in [2.75, 3.05) is 31.8 Å². The maximum atomic E-state index is 11.3. The summed E-state index contributed by atoms with van der Waals surface area (Å²) < 4.78 is 17.0. The molecule has 23 heavy (non-hydrogen) atoms. The van der Waals surface area contributed by atoms with Crippen molar-refractivity contribution in [3.05, 3.63) is 0 Å². The molecule has 1 N–H and O–H groups in total. The van der Waals surface area contributed by atoms with E-state index in [1.807, 2.05) is 0 Å². The zero-order valence-electron chi connectivity index (χ0n) is 12.7. The van der Waals surface area contributed by atoms with Crippen LogP contribution < -0.4 is 8.11 Å². The van der Waals surface area contributed by atoms with Gasteiger partial charge in [-0.15, -0.1) is 0 Å². The molecule has 0 saturated heterocycles. The van der Waals surface area contributed by atoms with Crippen LogP contribution >= 0.6 is 28.3 Å². The predicted octanol–water partition coefficient (Wildman–Crippen LogP) is 0.919. The van der Waals surface area contributed by atoms with E-state index in [0.717, 1.165) is 49.7 Å². The Labute approximate surface area is 165 Å². The Morgan fingerprint density at radius 1 is 1.22 bits per heavy atom. The zero-order valence-corrected chi connectivity index (χ0v) is 19.2. The maximum absolute atomic E-state index is 11.3. The van der Waals surface area contributed by atoms with Crippen LogP contribution in [0.4, 0.5) is 0 Å². The van der Waals surface area contributed by atoms with E-state index in [-0.39, 0.29) is 24.7 Å². The Kier molecular flexibility index (Phi) is 16.0. The van der Waals surface area contributed by atoms with Gasteiger partial charge >= 0.3 is 114 Å². The average Bonchev–Trinajstić information content (AvgIpc) is 2.54. The van der Waals surface area contributed by atoms with Gasteiger partial charge in [-0.2, -0.15) is 0 Å². The summed E-state index contributed by atoms with van der Waals surface area (Å²) in [6.07, 6.45) is 1.79. The molecule has 0 saturated carbocycles. The van der Waals surface area contributed by atoms with Crippen LogP contribution in [0.3, 0.4) is 0 Å². The molecule has 0 aromatic rings. The van der Waals surface area contributed by atoms with E-state index in [2.05, 4.69) is 19.5 Å². The number of nitrogens with one attached hydrogen (secondary N) is 1. The van der Waals surface area contributed by atoms with Crippen LogP contribution in [-0.4, -0.2) is 69.1 Å². The van der Waals surface area contributed by atoms with Gasteiger partial charge in [-0.25, -0.2) is 0 Å². The van der Waals surface area contributed by atoms with Crippen LogP contribution in [-0.2, 0) is 35.2 Å². The first-order chi connectivity index (χ1) is 10.9. The quantitative estimate of drug-likeness (QED) is 0.136. The van der Waals surface area contributed by atoms with Gasteiger partial charge in [0.15, 0.2) is 0 Å². The van der Waals surface area contributed by atoms with Gasteiger partial charge < -0.3 is 13.9 Å². The molecule has 12 heteroatoms. The number of amides is 1. The van der Waals surface area contributed by atoms with Crippen molar-refractivity contribution < 1.29 is 28.3 Å². The van der Waals surface area contributed by atoms with Crippen molar-refractivity contribution in [1.82, 2.24) is 3.22 Å². The zero-order chi connectivity index (χ0) is 17.6. The van der Waals surface area contributed by atoms with Crippen LogP contribution in [0.5, 0.6) is 0 Å². The fourth-order valence-electron chi connectivity index (χ4n) is 1.11. The SMILES string of the molecule is COP([O-])(=S)OCCCSSCCCOC(=O)CCC(=O)[NH][Po]. The third kappa shape index (κ3) is 16.3. The van der Waals surface area contributed by atoms with Crippen LogP contribution in [0.15, 0.2) is 0 Å². The summed E-state index contributed by atoms with van der Waals surface area (Å²) in [5.41, 5.74) is 0. The van der Waals surface area contributed by atoms with E-state index in [1.54, 1.807) is 21.6 Å². The van der Waals surface area contributed by atoms with E-state index in [9.17, 15) is 14.5 Å². The van der Waals surface area contributed by atoms with E-state index >= 15 is 0 Å². The summed E-state index contributed by atoms with van der Waals surface area (Å²) in [7, 11) is 4.61. The molecule has 0 spiro atoms. The summed E-state index contributed by atoms with van der Waals surface area (Å²) in [4.78, 5) is 33.5. The molecule has 0 aliphatic heterocycles. The second kappa shape index (κ2) is 15.3. The molecule has 0 rings (SSSR count). The predicted molar refractivity (Wildman–Crippen MR) is 95.5 cm³/mol. The van der Waals surface area contributed by atoms with Gasteiger partial charge in [0, 0.05) is 7.11 Å². The molecule has 0 aliphatic carbocycles. The average molecular weight is 598 g/mol. The summed E-state index contributed by atoms with van der Waals surface area (Å²) in [5, 5.41) is 0. The Balaban J connectivity index is 3.32. The fraction of sp³-hybridized carbons (Fsp3) is 0.818. The Morgan fingerprint density at radius 2 is 1.83 bits per heavy atom. The molecule has 135 valence electrons. The van der Waals surface area contributed by atoms with Gasteiger partial charge in [-0.1, -0.05) is 11.8 Å². The number of carbonyl (C=O) groups is 2. The first kappa shape index (κ1) is 24.1. The minimum absolute atomic E-state index is 0.120. The standard InChI is InChI=1S/C11H22NO6PS3.Po/c1-16-19(15,20)18-7-3-9-22-21-8-2-6-17-11(14)5-4-10(12)13;/h2-9H2,1H3,(H3,12,13,15,20);/q;+1/p-2. The topological polar surface area (TPSA) is 96.9 Å². The van der Waals surface area contributed by atoms with Gasteiger partial charge in [-0.3, -0.25) is 0 Å². The molecule has 1 radical (unpaired) electrons. The van der Waals surface area contributed by atoms with Crippen molar-refractivity contribution in [3.8, 4) is 0 Å². The van der Waals surface area contributed by atoms with Crippen LogP contribution in [0.1, 0.15) is 25.7 Å². The molecular weight excluding hydrogens is 578 g/mol. The molecule has 1 amide bonds. The monoisotopic (exact) mass is 598 g/mol. The van der Waals surface area contributed by atoms with Gasteiger partial charge in [-0.05, 0) is 6.42 Å². The Hall–Kier alpha value is 1.07. The third-order valence-electron chi connectivity index (χ3n) is 2.23. The fourth-order valence-corrected chi connectivity index (χ4v) is 4.31. The summed E-state index contributed by atoms with van der Waals surface area (Å²) >= 11 is 5.56. The van der Waals surface area contributed by atoms with E-state index < -0.39 is 6.72 Å². The summed E-state index contributed by atoms with van der Waals surface area (Å²) in [6, 6.07) is 0. The molecular formula is C11H20NO6PPoS3-. The second-order valence-electron chi connectivity index (χ2n) is 4.06. The normalized spacial score (nSPS) is 13.3. The number of hydrogen-bond donors (Lipinski definition) is 1. The summed E-state index contributed by atoms with van der Waals surface area (Å²) in [6.45, 7) is -2.60. The third-order valence-corrected chi connectivity index (χ3v) is 7.41. The molecule has 7 nitrogen and oxygen atoms in total. The van der Waals surface area contributed by atoms with Crippen LogP contribution in [0.2, 0.25) is 0 Å². The summed E-state index contributed by atoms with van der Waals surface area (Å²) in [5.74, 6) is 1.22. The van der Waals surface area contributed by atoms with Crippen molar-refractivity contribution in [2.24, 2.45) is 0 Å². The van der Waals surface area contributed by atoms with Gasteiger partial charge in [0.05, 0.1) is 6.61 Å². The van der Waals surface area contributed by atoms with E-state index in [4.69, 9.17) is 9.26 Å². The van der Waals surface area contributed by atoms with Crippen molar-refractivity contribution in [1.29, 1.82) is 0 Å². The molecule has 0 heterocycles. The molecule has 0 aromatic carbocycles. The Morgan fingerprint density at radius 3 is 2.39 bits per heavy atom.